The number of nitrogens with one attached hydrogen (secondary N) is 2. The lowest BCUT2D eigenvalue weighted by Crippen LogP contribution is -2.31. The van der Waals surface area contributed by atoms with Gasteiger partial charge in [0.05, 0.1) is 5.92 Å². The topological polar surface area (TPSA) is 95.5 Å². The lowest BCUT2D eigenvalue weighted by atomic mass is 10.1. The number of carboxylic acids is 1. The Morgan fingerprint density at radius 1 is 1.29 bits per heavy atom. The number of carbonyl (C=O) groups excluding carboxylic acids is 2. The van der Waals surface area contributed by atoms with Crippen molar-refractivity contribution in [2.24, 2.45) is 5.92 Å². The number of aliphatic carboxylic acids is 1. The van der Waals surface area contributed by atoms with E-state index in [1.165, 1.54) is 11.3 Å². The number of carbonyl (C=O) groups is 3. The first-order valence-corrected chi connectivity index (χ1v) is 7.75. The molecule has 0 aliphatic rings. The third-order valence-electron chi connectivity index (χ3n) is 2.98. The summed E-state index contributed by atoms with van der Waals surface area (Å²) in [6, 6.07) is 1.73. The van der Waals surface area contributed by atoms with Crippen LogP contribution in [-0.4, -0.2) is 36.0 Å². The lowest BCUT2D eigenvalue weighted by Gasteiger charge is -2.08. The summed E-state index contributed by atoms with van der Waals surface area (Å²) >= 11 is 1.44. The zero-order valence-electron chi connectivity index (χ0n) is 11.9. The highest BCUT2D eigenvalue weighted by Gasteiger charge is 2.10. The summed E-state index contributed by atoms with van der Waals surface area (Å²) in [5.41, 5.74) is 0.600. The largest absolute Gasteiger partial charge is 0.481 e. The minimum Gasteiger partial charge on any atom is -0.481 e. The summed E-state index contributed by atoms with van der Waals surface area (Å²) in [5.74, 6) is -1.55. The van der Waals surface area contributed by atoms with Crippen molar-refractivity contribution in [2.75, 3.05) is 13.1 Å². The van der Waals surface area contributed by atoms with E-state index in [9.17, 15) is 14.4 Å². The van der Waals surface area contributed by atoms with Crippen LogP contribution in [0.25, 0.3) is 0 Å². The Hall–Kier alpha value is -1.89. The van der Waals surface area contributed by atoms with Gasteiger partial charge < -0.3 is 15.7 Å². The van der Waals surface area contributed by atoms with Crippen LogP contribution in [-0.2, 0) is 9.59 Å². The minimum atomic E-state index is -0.822. The van der Waals surface area contributed by atoms with E-state index in [0.29, 0.717) is 24.9 Å². The van der Waals surface area contributed by atoms with Crippen molar-refractivity contribution in [2.45, 2.75) is 26.2 Å². The quantitative estimate of drug-likeness (QED) is 0.602. The number of carboxylic acid groups (broad SMARTS) is 1. The van der Waals surface area contributed by atoms with E-state index in [1.807, 2.05) is 5.38 Å². The molecule has 1 heterocycles. The van der Waals surface area contributed by atoms with Crippen LogP contribution in [0.15, 0.2) is 16.8 Å². The summed E-state index contributed by atoms with van der Waals surface area (Å²) in [7, 11) is 0. The van der Waals surface area contributed by atoms with Gasteiger partial charge in [0.15, 0.2) is 0 Å². The van der Waals surface area contributed by atoms with Gasteiger partial charge in [-0.2, -0.15) is 11.3 Å². The van der Waals surface area contributed by atoms with Crippen LogP contribution in [0, 0.1) is 5.92 Å². The minimum absolute atomic E-state index is 0.149. The van der Waals surface area contributed by atoms with Crippen LogP contribution >= 0.6 is 11.3 Å². The summed E-state index contributed by atoms with van der Waals surface area (Å²) in [5, 5.41) is 17.7. The second-order valence-electron chi connectivity index (χ2n) is 4.75. The number of amides is 2. The number of rotatable bonds is 9. The Balaban J connectivity index is 2.06. The van der Waals surface area contributed by atoms with Crippen LogP contribution in [0.4, 0.5) is 0 Å². The van der Waals surface area contributed by atoms with Gasteiger partial charge in [0.25, 0.3) is 5.91 Å². The number of hydrogen-bond acceptors (Lipinski definition) is 4. The predicted octanol–water partition coefficient (Wildman–Crippen LogP) is 1.49. The zero-order valence-corrected chi connectivity index (χ0v) is 12.7. The Morgan fingerprint density at radius 2 is 2.05 bits per heavy atom. The molecular formula is C14H20N2O4S. The van der Waals surface area contributed by atoms with Crippen molar-refractivity contribution >= 4 is 29.1 Å². The molecule has 1 aromatic rings. The Bertz CT molecular complexity index is 473. The van der Waals surface area contributed by atoms with E-state index in [0.717, 1.165) is 0 Å². The summed E-state index contributed by atoms with van der Waals surface area (Å²) < 4.78 is 0. The standard InChI is InChI=1S/C14H20N2O4S/c1-10(14(19)20)3-2-6-15-12(17)4-7-16-13(18)11-5-8-21-9-11/h5,8-10H,2-4,6-7H2,1H3,(H,15,17)(H,16,18)(H,19,20). The van der Waals surface area contributed by atoms with Crippen molar-refractivity contribution in [1.29, 1.82) is 0 Å². The van der Waals surface area contributed by atoms with Gasteiger partial charge >= 0.3 is 5.97 Å². The third kappa shape index (κ3) is 6.89. The highest BCUT2D eigenvalue weighted by Crippen LogP contribution is 2.05. The maximum Gasteiger partial charge on any atom is 0.306 e. The second-order valence-corrected chi connectivity index (χ2v) is 5.53. The van der Waals surface area contributed by atoms with Crippen molar-refractivity contribution < 1.29 is 19.5 Å². The molecule has 0 saturated carbocycles. The molecule has 6 nitrogen and oxygen atoms in total. The molecule has 0 aromatic carbocycles. The maximum absolute atomic E-state index is 11.6. The molecule has 0 fully saturated rings. The monoisotopic (exact) mass is 312 g/mol. The number of thiophene rings is 1. The van der Waals surface area contributed by atoms with E-state index in [4.69, 9.17) is 5.11 Å². The van der Waals surface area contributed by atoms with E-state index in [-0.39, 0.29) is 24.8 Å². The van der Waals surface area contributed by atoms with Gasteiger partial charge in [0.1, 0.15) is 0 Å². The molecule has 0 bridgehead atoms. The average molecular weight is 312 g/mol. The first-order valence-electron chi connectivity index (χ1n) is 6.80. The molecule has 0 saturated heterocycles. The molecule has 1 rings (SSSR count). The van der Waals surface area contributed by atoms with Crippen LogP contribution in [0.3, 0.4) is 0 Å². The van der Waals surface area contributed by atoms with Crippen molar-refractivity contribution in [3.63, 3.8) is 0 Å². The Kier molecular flexibility index (Phi) is 7.45. The van der Waals surface area contributed by atoms with Crippen molar-refractivity contribution in [3.05, 3.63) is 22.4 Å². The van der Waals surface area contributed by atoms with Gasteiger partial charge in [-0.1, -0.05) is 6.92 Å². The predicted molar refractivity (Wildman–Crippen MR) is 80.3 cm³/mol. The molecule has 21 heavy (non-hydrogen) atoms. The SMILES string of the molecule is CC(CCCNC(=O)CCNC(=O)c1ccsc1)C(=O)O. The molecule has 0 spiro atoms. The van der Waals surface area contributed by atoms with Crippen LogP contribution in [0.5, 0.6) is 0 Å². The highest BCUT2D eigenvalue weighted by molar-refractivity contribution is 7.08. The molecule has 2 amide bonds. The van der Waals surface area contributed by atoms with Gasteiger partial charge in [-0.25, -0.2) is 0 Å². The van der Waals surface area contributed by atoms with E-state index in [1.54, 1.807) is 18.4 Å². The lowest BCUT2D eigenvalue weighted by molar-refractivity contribution is -0.141. The molecule has 1 unspecified atom stereocenters. The van der Waals surface area contributed by atoms with E-state index >= 15 is 0 Å². The molecule has 0 aliphatic heterocycles. The summed E-state index contributed by atoms with van der Waals surface area (Å²) in [6.45, 7) is 2.38. The van der Waals surface area contributed by atoms with Crippen LogP contribution in [0.1, 0.15) is 36.5 Å². The normalized spacial score (nSPS) is 11.7. The molecule has 0 aliphatic carbocycles. The molecule has 1 aromatic heterocycles. The maximum atomic E-state index is 11.6. The van der Waals surface area contributed by atoms with Gasteiger partial charge in [-0.3, -0.25) is 14.4 Å². The van der Waals surface area contributed by atoms with Gasteiger partial charge in [-0.15, -0.1) is 0 Å². The first kappa shape index (κ1) is 17.2. The third-order valence-corrected chi connectivity index (χ3v) is 3.66. The van der Waals surface area contributed by atoms with Crippen LogP contribution < -0.4 is 10.6 Å². The summed E-state index contributed by atoms with van der Waals surface area (Å²) in [6.07, 6.45) is 1.37. The smallest absolute Gasteiger partial charge is 0.306 e. The van der Waals surface area contributed by atoms with Crippen LogP contribution in [0.2, 0.25) is 0 Å². The molecule has 3 N–H and O–H groups in total. The first-order chi connectivity index (χ1) is 10.0. The Morgan fingerprint density at radius 3 is 2.67 bits per heavy atom. The average Bonchev–Trinajstić information content (AvgIpc) is 2.97. The van der Waals surface area contributed by atoms with Crippen molar-refractivity contribution in [3.8, 4) is 0 Å². The zero-order chi connectivity index (χ0) is 15.7. The second kappa shape index (κ2) is 9.12. The molecule has 1 atom stereocenters. The summed E-state index contributed by atoms with van der Waals surface area (Å²) in [4.78, 5) is 33.7. The fourth-order valence-electron chi connectivity index (χ4n) is 1.63. The molecule has 116 valence electrons. The van der Waals surface area contributed by atoms with Gasteiger partial charge in [0.2, 0.25) is 5.91 Å². The van der Waals surface area contributed by atoms with E-state index < -0.39 is 11.9 Å². The Labute approximate surface area is 127 Å². The highest BCUT2D eigenvalue weighted by atomic mass is 32.1. The van der Waals surface area contributed by atoms with Crippen molar-refractivity contribution in [1.82, 2.24) is 10.6 Å². The molecular weight excluding hydrogens is 292 g/mol. The van der Waals surface area contributed by atoms with Gasteiger partial charge in [-0.05, 0) is 24.3 Å². The fourth-order valence-corrected chi connectivity index (χ4v) is 2.27. The molecule has 7 heteroatoms. The molecule has 0 radical (unpaired) electrons. The number of hydrogen-bond donors (Lipinski definition) is 3. The fraction of sp³-hybridized carbons (Fsp3) is 0.500. The van der Waals surface area contributed by atoms with Gasteiger partial charge in [0, 0.05) is 30.5 Å². The van der Waals surface area contributed by atoms with E-state index in [2.05, 4.69) is 10.6 Å².